The number of carbonyl (C=O) groups is 1. The van der Waals surface area contributed by atoms with Gasteiger partial charge < -0.3 is 24.1 Å². The van der Waals surface area contributed by atoms with E-state index in [-0.39, 0.29) is 47.4 Å². The van der Waals surface area contributed by atoms with Gasteiger partial charge in [0.1, 0.15) is 12.2 Å². The number of fused-ring (bicyclic) bond motifs is 4. The molecule has 0 radical (unpaired) electrons. The zero-order valence-corrected chi connectivity index (χ0v) is 17.7. The van der Waals surface area contributed by atoms with E-state index in [1.54, 1.807) is 7.11 Å². The molecule has 2 aliphatic carbocycles. The monoisotopic (exact) mass is 392 g/mol. The van der Waals surface area contributed by atoms with E-state index >= 15 is 0 Å². The molecule has 3 aliphatic heterocycles. The van der Waals surface area contributed by atoms with E-state index in [4.69, 9.17) is 18.9 Å². The maximum atomic E-state index is 12.2. The number of aliphatic hydroxyl groups is 1. The molecule has 1 unspecified atom stereocenters. The fourth-order valence-electron chi connectivity index (χ4n) is 7.19. The lowest BCUT2D eigenvalue weighted by atomic mass is 9.49. The molecule has 3 fully saturated rings. The average Bonchev–Trinajstić information content (AvgIpc) is 3.51. The van der Waals surface area contributed by atoms with Crippen molar-refractivity contribution in [2.75, 3.05) is 13.7 Å². The first-order valence-corrected chi connectivity index (χ1v) is 10.6. The van der Waals surface area contributed by atoms with E-state index in [2.05, 4.69) is 27.7 Å². The van der Waals surface area contributed by atoms with Crippen LogP contribution in [-0.4, -0.2) is 60.4 Å². The maximum Gasteiger partial charge on any atom is 0.334 e. The molecule has 0 bridgehead atoms. The SMILES string of the molecule is CO[C@]12CCC3=C(COC3=O)[C@@H]1[C@@H]1O[C@@H]1C([C@H](O)[C@@]1(C(C)C)O[C@H]1C)C2(C)C. The smallest absolute Gasteiger partial charge is 0.334 e. The Labute approximate surface area is 166 Å². The van der Waals surface area contributed by atoms with Crippen molar-refractivity contribution in [1.82, 2.24) is 0 Å². The van der Waals surface area contributed by atoms with Gasteiger partial charge in [0.05, 0.1) is 30.0 Å². The van der Waals surface area contributed by atoms with Crippen molar-refractivity contribution in [3.05, 3.63) is 11.1 Å². The van der Waals surface area contributed by atoms with E-state index in [9.17, 15) is 9.90 Å². The first-order valence-electron chi connectivity index (χ1n) is 10.6. The normalized spacial score (nSPS) is 49.3. The summed E-state index contributed by atoms with van der Waals surface area (Å²) in [5.74, 6) is -0.0658. The highest BCUT2D eigenvalue weighted by molar-refractivity contribution is 5.92. The number of aliphatic hydroxyl groups excluding tert-OH is 1. The molecule has 5 rings (SSSR count). The Balaban J connectivity index is 1.58. The quantitative estimate of drug-likeness (QED) is 0.584. The van der Waals surface area contributed by atoms with E-state index in [1.165, 1.54) is 0 Å². The van der Waals surface area contributed by atoms with Crippen LogP contribution in [0, 0.1) is 23.2 Å². The van der Waals surface area contributed by atoms with Gasteiger partial charge in [-0.2, -0.15) is 0 Å². The summed E-state index contributed by atoms with van der Waals surface area (Å²) in [6.45, 7) is 11.0. The van der Waals surface area contributed by atoms with Crippen LogP contribution in [0.3, 0.4) is 0 Å². The summed E-state index contributed by atoms with van der Waals surface area (Å²) in [4.78, 5) is 12.2. The van der Waals surface area contributed by atoms with Gasteiger partial charge in [0.25, 0.3) is 0 Å². The van der Waals surface area contributed by atoms with Crippen LogP contribution >= 0.6 is 0 Å². The molecular formula is C22H32O6. The summed E-state index contributed by atoms with van der Waals surface area (Å²) in [5, 5.41) is 11.6. The second-order valence-corrected chi connectivity index (χ2v) is 10.2. The lowest BCUT2D eigenvalue weighted by Crippen LogP contribution is -2.66. The second kappa shape index (κ2) is 5.60. The standard InChI is InChI=1S/C22H32O6/c1-10(2)22(11(3)28-22)18(23)15-17-16(27-17)14-13-9-26-19(24)12(13)7-8-21(14,25-6)20(15,4)5/h10-11,14-18,23H,7-9H2,1-6H3/t11-,14+,15?,16-,17+,18-,21+,22-/m0/s1. The maximum absolute atomic E-state index is 12.2. The van der Waals surface area contributed by atoms with Gasteiger partial charge in [0.2, 0.25) is 0 Å². The number of cyclic esters (lactones) is 1. The minimum Gasteiger partial charge on any atom is -0.458 e. The van der Waals surface area contributed by atoms with Gasteiger partial charge >= 0.3 is 5.97 Å². The lowest BCUT2D eigenvalue weighted by Gasteiger charge is -2.58. The van der Waals surface area contributed by atoms with Crippen LogP contribution in [0.4, 0.5) is 0 Å². The summed E-state index contributed by atoms with van der Waals surface area (Å²) in [6, 6.07) is 0. The largest absolute Gasteiger partial charge is 0.458 e. The van der Waals surface area contributed by atoms with E-state index in [0.717, 1.165) is 17.6 Å². The van der Waals surface area contributed by atoms with Crippen molar-refractivity contribution in [2.24, 2.45) is 23.2 Å². The van der Waals surface area contributed by atoms with Crippen molar-refractivity contribution in [2.45, 2.75) is 83.1 Å². The highest BCUT2D eigenvalue weighted by Gasteiger charge is 2.77. The highest BCUT2D eigenvalue weighted by atomic mass is 16.6. The number of carbonyl (C=O) groups excluding carboxylic acids is 1. The number of ether oxygens (including phenoxy) is 4. The fourth-order valence-corrected chi connectivity index (χ4v) is 7.19. The highest BCUT2D eigenvalue weighted by Crippen LogP contribution is 2.67. The number of epoxide rings is 2. The summed E-state index contributed by atoms with van der Waals surface area (Å²) >= 11 is 0. The van der Waals surface area contributed by atoms with Gasteiger partial charge in [0, 0.05) is 29.9 Å². The summed E-state index contributed by atoms with van der Waals surface area (Å²) in [5.41, 5.74) is 0.493. The molecule has 6 nitrogen and oxygen atoms in total. The molecule has 8 atom stereocenters. The Kier molecular flexibility index (Phi) is 3.80. The molecule has 0 aromatic heterocycles. The molecule has 0 amide bonds. The Morgan fingerprint density at radius 3 is 2.50 bits per heavy atom. The molecule has 5 aliphatic rings. The first kappa shape index (κ1) is 19.0. The Morgan fingerprint density at radius 1 is 1.25 bits per heavy atom. The number of rotatable bonds is 4. The van der Waals surface area contributed by atoms with Crippen LogP contribution < -0.4 is 0 Å². The predicted molar refractivity (Wildman–Crippen MR) is 101 cm³/mol. The number of hydrogen-bond donors (Lipinski definition) is 1. The van der Waals surface area contributed by atoms with Gasteiger partial charge in [0.15, 0.2) is 0 Å². The predicted octanol–water partition coefficient (Wildman–Crippen LogP) is 2.23. The van der Waals surface area contributed by atoms with Crippen LogP contribution in [0.5, 0.6) is 0 Å². The third-order valence-corrected chi connectivity index (χ3v) is 8.81. The van der Waals surface area contributed by atoms with Crippen LogP contribution in [-0.2, 0) is 23.7 Å². The summed E-state index contributed by atoms with van der Waals surface area (Å²) in [6.07, 6.45) is 0.712. The molecule has 2 saturated heterocycles. The Hall–Kier alpha value is -0.950. The van der Waals surface area contributed by atoms with E-state index in [0.29, 0.717) is 13.0 Å². The lowest BCUT2D eigenvalue weighted by molar-refractivity contribution is -0.198. The molecule has 28 heavy (non-hydrogen) atoms. The number of methoxy groups -OCH3 is 1. The average molecular weight is 392 g/mol. The third kappa shape index (κ3) is 2.00. The van der Waals surface area contributed by atoms with Crippen LogP contribution in [0.15, 0.2) is 11.1 Å². The second-order valence-electron chi connectivity index (χ2n) is 10.2. The van der Waals surface area contributed by atoms with Gasteiger partial charge in [-0.25, -0.2) is 4.79 Å². The molecule has 6 heteroatoms. The van der Waals surface area contributed by atoms with E-state index < -0.39 is 17.3 Å². The minimum atomic E-state index is -0.627. The third-order valence-electron chi connectivity index (χ3n) is 8.81. The molecular weight excluding hydrogens is 360 g/mol. The van der Waals surface area contributed by atoms with Crippen LogP contribution in [0.2, 0.25) is 0 Å². The topological polar surface area (TPSA) is 80.8 Å². The van der Waals surface area contributed by atoms with Gasteiger partial charge in [-0.05, 0) is 31.3 Å². The van der Waals surface area contributed by atoms with Crippen LogP contribution in [0.25, 0.3) is 0 Å². The van der Waals surface area contributed by atoms with Crippen molar-refractivity contribution in [1.29, 1.82) is 0 Å². The zero-order chi connectivity index (χ0) is 20.2. The molecule has 1 saturated carbocycles. The molecule has 156 valence electrons. The van der Waals surface area contributed by atoms with Crippen LogP contribution in [0.1, 0.15) is 47.5 Å². The fraction of sp³-hybridized carbons (Fsp3) is 0.864. The van der Waals surface area contributed by atoms with Crippen molar-refractivity contribution >= 4 is 5.97 Å². The van der Waals surface area contributed by atoms with Gasteiger partial charge in [-0.15, -0.1) is 0 Å². The molecule has 1 N–H and O–H groups in total. The van der Waals surface area contributed by atoms with Crippen molar-refractivity contribution < 1.29 is 28.8 Å². The Bertz CT molecular complexity index is 756. The Morgan fingerprint density at radius 2 is 1.93 bits per heavy atom. The van der Waals surface area contributed by atoms with Gasteiger partial charge in [-0.3, -0.25) is 0 Å². The van der Waals surface area contributed by atoms with E-state index in [1.807, 2.05) is 6.92 Å². The number of esters is 1. The van der Waals surface area contributed by atoms with Crippen molar-refractivity contribution in [3.63, 3.8) is 0 Å². The zero-order valence-electron chi connectivity index (χ0n) is 17.7. The summed E-state index contributed by atoms with van der Waals surface area (Å²) < 4.78 is 23.9. The minimum absolute atomic E-state index is 0.00342. The van der Waals surface area contributed by atoms with Crippen molar-refractivity contribution in [3.8, 4) is 0 Å². The molecule has 3 heterocycles. The molecule has 0 aromatic carbocycles. The number of hydrogen-bond acceptors (Lipinski definition) is 6. The first-order chi connectivity index (χ1) is 13.1. The summed E-state index contributed by atoms with van der Waals surface area (Å²) in [7, 11) is 1.76. The molecule has 0 aromatic rings. The molecule has 0 spiro atoms. The van der Waals surface area contributed by atoms with Gasteiger partial charge in [-0.1, -0.05) is 27.7 Å².